The Morgan fingerprint density at radius 3 is 2.44 bits per heavy atom. The molecular formula is C11H6Cl3N3O. The van der Waals surface area contributed by atoms with E-state index in [2.05, 4.69) is 15.3 Å². The maximum absolute atomic E-state index is 11.8. The van der Waals surface area contributed by atoms with Gasteiger partial charge in [-0.15, -0.1) is 0 Å². The Morgan fingerprint density at radius 2 is 1.83 bits per heavy atom. The number of hydrogen-bond donors (Lipinski definition) is 1. The highest BCUT2D eigenvalue weighted by Gasteiger charge is 2.09. The zero-order valence-electron chi connectivity index (χ0n) is 8.82. The molecule has 0 bridgehead atoms. The van der Waals surface area contributed by atoms with Crippen LogP contribution in [0.2, 0.25) is 15.2 Å². The standard InChI is InChI=1S/C11H6Cl3N3O/c12-7-2-1-6(3-8(7)13)11(18)17-10-5-15-9(14)4-16-10/h1-5H,(H,16,17,18). The number of benzene rings is 1. The van der Waals surface area contributed by atoms with E-state index in [-0.39, 0.29) is 11.1 Å². The second-order valence-electron chi connectivity index (χ2n) is 3.31. The van der Waals surface area contributed by atoms with Crippen LogP contribution >= 0.6 is 34.8 Å². The van der Waals surface area contributed by atoms with Crippen molar-refractivity contribution in [1.29, 1.82) is 0 Å². The molecule has 2 aromatic rings. The second kappa shape index (κ2) is 5.52. The zero-order chi connectivity index (χ0) is 13.1. The summed E-state index contributed by atoms with van der Waals surface area (Å²) < 4.78 is 0. The number of carbonyl (C=O) groups is 1. The van der Waals surface area contributed by atoms with Gasteiger partial charge in [0.1, 0.15) is 5.15 Å². The van der Waals surface area contributed by atoms with Crippen LogP contribution in [0.5, 0.6) is 0 Å². The Kier molecular flexibility index (Phi) is 4.01. The van der Waals surface area contributed by atoms with Gasteiger partial charge in [0.05, 0.1) is 22.4 Å². The number of aromatic nitrogens is 2. The molecule has 1 amide bonds. The molecule has 0 saturated carbocycles. The molecule has 0 saturated heterocycles. The summed E-state index contributed by atoms with van der Waals surface area (Å²) in [7, 11) is 0. The van der Waals surface area contributed by atoms with Gasteiger partial charge in [0.25, 0.3) is 5.91 Å². The summed E-state index contributed by atoms with van der Waals surface area (Å²) in [5.41, 5.74) is 0.376. The predicted octanol–water partition coefficient (Wildman–Crippen LogP) is 3.69. The number of hydrogen-bond acceptors (Lipinski definition) is 3. The number of nitrogens with one attached hydrogen (secondary N) is 1. The van der Waals surface area contributed by atoms with Gasteiger partial charge in [-0.05, 0) is 18.2 Å². The number of carbonyl (C=O) groups excluding carboxylic acids is 1. The van der Waals surface area contributed by atoms with Crippen LogP contribution in [0.4, 0.5) is 5.82 Å². The molecule has 0 atom stereocenters. The van der Waals surface area contributed by atoms with E-state index in [9.17, 15) is 4.79 Å². The molecule has 0 aliphatic rings. The highest BCUT2D eigenvalue weighted by Crippen LogP contribution is 2.22. The van der Waals surface area contributed by atoms with Crippen molar-refractivity contribution < 1.29 is 4.79 Å². The van der Waals surface area contributed by atoms with Crippen molar-refractivity contribution in [2.75, 3.05) is 5.32 Å². The van der Waals surface area contributed by atoms with E-state index < -0.39 is 0 Å². The fourth-order valence-corrected chi connectivity index (χ4v) is 1.60. The molecule has 0 aliphatic carbocycles. The number of halogens is 3. The van der Waals surface area contributed by atoms with Gasteiger partial charge in [-0.25, -0.2) is 9.97 Å². The van der Waals surface area contributed by atoms with E-state index in [1.165, 1.54) is 18.5 Å². The van der Waals surface area contributed by atoms with Crippen LogP contribution in [-0.2, 0) is 0 Å². The van der Waals surface area contributed by atoms with Crippen molar-refractivity contribution in [2.24, 2.45) is 0 Å². The number of anilines is 1. The largest absolute Gasteiger partial charge is 0.305 e. The summed E-state index contributed by atoms with van der Waals surface area (Å²) in [6.07, 6.45) is 2.70. The molecule has 0 unspecified atom stereocenters. The van der Waals surface area contributed by atoms with Crippen molar-refractivity contribution in [3.05, 3.63) is 51.4 Å². The van der Waals surface area contributed by atoms with Crippen molar-refractivity contribution in [2.45, 2.75) is 0 Å². The quantitative estimate of drug-likeness (QED) is 0.920. The first kappa shape index (κ1) is 13.1. The van der Waals surface area contributed by atoms with Crippen LogP contribution in [0.25, 0.3) is 0 Å². The molecule has 2 rings (SSSR count). The molecule has 1 aromatic carbocycles. The van der Waals surface area contributed by atoms with Gasteiger partial charge >= 0.3 is 0 Å². The Balaban J connectivity index is 2.16. The SMILES string of the molecule is O=C(Nc1cnc(Cl)cn1)c1ccc(Cl)c(Cl)c1. The average molecular weight is 303 g/mol. The molecule has 92 valence electrons. The molecule has 18 heavy (non-hydrogen) atoms. The fraction of sp³-hybridized carbons (Fsp3) is 0. The number of amides is 1. The van der Waals surface area contributed by atoms with Crippen LogP contribution in [0.15, 0.2) is 30.6 Å². The first-order valence-corrected chi connectivity index (χ1v) is 5.93. The monoisotopic (exact) mass is 301 g/mol. The Bertz CT molecular complexity index is 587. The minimum Gasteiger partial charge on any atom is -0.305 e. The third kappa shape index (κ3) is 3.10. The zero-order valence-corrected chi connectivity index (χ0v) is 11.1. The smallest absolute Gasteiger partial charge is 0.256 e. The van der Waals surface area contributed by atoms with Crippen molar-refractivity contribution >= 4 is 46.5 Å². The molecule has 1 aromatic heterocycles. The maximum atomic E-state index is 11.8. The van der Waals surface area contributed by atoms with E-state index in [4.69, 9.17) is 34.8 Å². The van der Waals surface area contributed by atoms with Crippen molar-refractivity contribution in [1.82, 2.24) is 9.97 Å². The molecular weight excluding hydrogens is 296 g/mol. The summed E-state index contributed by atoms with van der Waals surface area (Å²) in [5.74, 6) is -0.0549. The normalized spacial score (nSPS) is 10.2. The molecule has 0 spiro atoms. The lowest BCUT2D eigenvalue weighted by Crippen LogP contribution is -2.13. The van der Waals surface area contributed by atoms with Crippen LogP contribution in [0.1, 0.15) is 10.4 Å². The fourth-order valence-electron chi connectivity index (χ4n) is 1.20. The summed E-state index contributed by atoms with van der Waals surface area (Å²) in [6.45, 7) is 0. The summed E-state index contributed by atoms with van der Waals surface area (Å²) >= 11 is 17.2. The third-order valence-corrected chi connectivity index (χ3v) is 2.98. The van der Waals surface area contributed by atoms with Crippen LogP contribution in [0, 0.1) is 0 Å². The lowest BCUT2D eigenvalue weighted by molar-refractivity contribution is 0.102. The molecule has 1 N–H and O–H groups in total. The van der Waals surface area contributed by atoms with E-state index in [0.717, 1.165) is 0 Å². The first-order valence-electron chi connectivity index (χ1n) is 4.80. The molecule has 0 aliphatic heterocycles. The van der Waals surface area contributed by atoms with Gasteiger partial charge in [0, 0.05) is 5.56 Å². The van der Waals surface area contributed by atoms with Gasteiger partial charge < -0.3 is 5.32 Å². The lowest BCUT2D eigenvalue weighted by atomic mass is 10.2. The van der Waals surface area contributed by atoms with Crippen LogP contribution in [0.3, 0.4) is 0 Å². The van der Waals surface area contributed by atoms with E-state index in [1.807, 2.05) is 0 Å². The van der Waals surface area contributed by atoms with E-state index >= 15 is 0 Å². The minimum atomic E-state index is -0.356. The Morgan fingerprint density at radius 1 is 1.06 bits per heavy atom. The van der Waals surface area contributed by atoms with Gasteiger partial charge in [0.15, 0.2) is 5.82 Å². The van der Waals surface area contributed by atoms with Gasteiger partial charge in [0.2, 0.25) is 0 Å². The summed E-state index contributed by atoms with van der Waals surface area (Å²) in [6, 6.07) is 4.59. The molecule has 0 radical (unpaired) electrons. The van der Waals surface area contributed by atoms with E-state index in [1.54, 1.807) is 12.1 Å². The number of nitrogens with zero attached hydrogens (tertiary/aromatic N) is 2. The van der Waals surface area contributed by atoms with Crippen molar-refractivity contribution in [3.63, 3.8) is 0 Å². The van der Waals surface area contributed by atoms with Crippen LogP contribution in [-0.4, -0.2) is 15.9 Å². The van der Waals surface area contributed by atoms with Gasteiger partial charge in [-0.1, -0.05) is 34.8 Å². The first-order chi connectivity index (χ1) is 8.56. The number of rotatable bonds is 2. The average Bonchev–Trinajstić information content (AvgIpc) is 2.35. The Labute approximate surface area is 118 Å². The summed E-state index contributed by atoms with van der Waals surface area (Å²) in [4.78, 5) is 19.5. The van der Waals surface area contributed by atoms with Crippen molar-refractivity contribution in [3.8, 4) is 0 Å². The Hall–Kier alpha value is -1.36. The molecule has 7 heteroatoms. The lowest BCUT2D eigenvalue weighted by Gasteiger charge is -2.04. The predicted molar refractivity (Wildman–Crippen MR) is 71.5 cm³/mol. The second-order valence-corrected chi connectivity index (χ2v) is 4.51. The van der Waals surface area contributed by atoms with Gasteiger partial charge in [-0.3, -0.25) is 4.79 Å². The topological polar surface area (TPSA) is 54.9 Å². The third-order valence-electron chi connectivity index (χ3n) is 2.04. The van der Waals surface area contributed by atoms with E-state index in [0.29, 0.717) is 21.4 Å². The highest BCUT2D eigenvalue weighted by atomic mass is 35.5. The maximum Gasteiger partial charge on any atom is 0.256 e. The van der Waals surface area contributed by atoms with Gasteiger partial charge in [-0.2, -0.15) is 0 Å². The van der Waals surface area contributed by atoms with Crippen LogP contribution < -0.4 is 5.32 Å². The minimum absolute atomic E-state index is 0.252. The highest BCUT2D eigenvalue weighted by molar-refractivity contribution is 6.42. The molecule has 0 fully saturated rings. The summed E-state index contributed by atoms with van der Waals surface area (Å²) in [5, 5.41) is 3.51. The molecule has 4 nitrogen and oxygen atoms in total. The molecule has 1 heterocycles.